The molecule has 0 atom stereocenters. The molecule has 0 aliphatic rings. The van der Waals surface area contributed by atoms with E-state index in [1.165, 1.54) is 18.5 Å². The van der Waals surface area contributed by atoms with E-state index in [1.54, 1.807) is 6.07 Å². The van der Waals surface area contributed by atoms with Gasteiger partial charge in [-0.15, -0.1) is 0 Å². The first-order chi connectivity index (χ1) is 14.7. The molecule has 5 rings (SSSR count). The first-order valence-corrected chi connectivity index (χ1v) is 9.56. The predicted octanol–water partition coefficient (Wildman–Crippen LogP) is 4.14. The van der Waals surface area contributed by atoms with E-state index in [4.69, 9.17) is 4.74 Å². The number of hydrogen-bond donors (Lipinski definition) is 2. The highest BCUT2D eigenvalue weighted by Gasteiger charge is 2.17. The summed E-state index contributed by atoms with van der Waals surface area (Å²) in [5.74, 6) is 1.85. The molecule has 0 saturated carbocycles. The first-order valence-electron chi connectivity index (χ1n) is 9.56. The Hall–Kier alpha value is -3.94. The number of nitrogens with zero attached hydrogens (tertiary/aromatic N) is 4. The minimum absolute atomic E-state index is 0.306. The second-order valence-corrected chi connectivity index (χ2v) is 6.91. The number of aryl methyl sites for hydroxylation is 1. The summed E-state index contributed by atoms with van der Waals surface area (Å²) in [6.45, 7) is 1.06. The molecule has 8 heteroatoms. The maximum atomic E-state index is 13.6. The third kappa shape index (κ3) is 3.32. The monoisotopic (exact) mass is 402 g/mol. The fraction of sp³-hybridized carbons (Fsp3) is 0.136. The van der Waals surface area contributed by atoms with Crippen LogP contribution in [0.25, 0.3) is 33.5 Å². The van der Waals surface area contributed by atoms with Gasteiger partial charge in [0.25, 0.3) is 0 Å². The summed E-state index contributed by atoms with van der Waals surface area (Å²) >= 11 is 0. The van der Waals surface area contributed by atoms with Gasteiger partial charge in [-0.2, -0.15) is 0 Å². The van der Waals surface area contributed by atoms with Crippen molar-refractivity contribution in [3.8, 4) is 17.1 Å². The number of H-pyrrole nitrogens is 1. The first kappa shape index (κ1) is 18.1. The van der Waals surface area contributed by atoms with Gasteiger partial charge in [-0.1, -0.05) is 18.2 Å². The maximum Gasteiger partial charge on any atom is 0.145 e. The Kier molecular flexibility index (Phi) is 4.51. The highest BCUT2D eigenvalue weighted by atomic mass is 19.1. The number of fused-ring (bicyclic) bond motifs is 2. The molecular formula is C22H19FN6O. The van der Waals surface area contributed by atoms with Crippen LogP contribution in [0.5, 0.6) is 5.75 Å². The van der Waals surface area contributed by atoms with Gasteiger partial charge in [-0.25, -0.2) is 19.3 Å². The summed E-state index contributed by atoms with van der Waals surface area (Å²) in [7, 11) is 1.92. The zero-order valence-corrected chi connectivity index (χ0v) is 16.3. The Bertz CT molecular complexity index is 1330. The lowest BCUT2D eigenvalue weighted by molar-refractivity contribution is 0.333. The van der Waals surface area contributed by atoms with Crippen molar-refractivity contribution >= 4 is 27.9 Å². The van der Waals surface area contributed by atoms with Gasteiger partial charge in [-0.3, -0.25) is 0 Å². The molecular weight excluding hydrogens is 383 g/mol. The van der Waals surface area contributed by atoms with E-state index in [-0.39, 0.29) is 5.82 Å². The number of ether oxygens (including phenoxy) is 1. The number of hydrogen-bond acceptors (Lipinski definition) is 5. The van der Waals surface area contributed by atoms with Crippen LogP contribution in [0.15, 0.2) is 61.1 Å². The lowest BCUT2D eigenvalue weighted by atomic mass is 10.2. The quantitative estimate of drug-likeness (QED) is 0.417. The largest absolute Gasteiger partial charge is 0.492 e. The molecule has 0 radical (unpaired) electrons. The Labute approximate surface area is 171 Å². The van der Waals surface area contributed by atoms with Crippen LogP contribution in [-0.2, 0) is 7.05 Å². The standard InChI is InChI=1S/C22H19FN6O/c1-29-12-16(20-27-17-8-7-14(23)11-18(17)28-20)19-21(25-13-26-22(19)29)24-9-10-30-15-5-3-2-4-6-15/h2-8,11-13H,9-10H2,1H3,(H,27,28)(H,24,25,26). The number of aromatic amines is 1. The van der Waals surface area contributed by atoms with E-state index in [1.807, 2.05) is 48.1 Å². The van der Waals surface area contributed by atoms with Gasteiger partial charge in [0.15, 0.2) is 0 Å². The number of anilines is 1. The molecule has 0 bridgehead atoms. The second-order valence-electron chi connectivity index (χ2n) is 6.91. The number of nitrogens with one attached hydrogen (secondary N) is 2. The summed E-state index contributed by atoms with van der Waals surface area (Å²) in [6, 6.07) is 14.2. The Balaban J connectivity index is 1.45. The van der Waals surface area contributed by atoms with Gasteiger partial charge in [0.1, 0.15) is 41.8 Å². The molecule has 0 saturated heterocycles. The SMILES string of the molecule is Cn1cc(-c2nc3ccc(F)cc3[nH]2)c2c(NCCOc3ccccc3)ncnc21. The minimum Gasteiger partial charge on any atom is -0.492 e. The number of aromatic nitrogens is 5. The topological polar surface area (TPSA) is 80.7 Å². The van der Waals surface area contributed by atoms with E-state index in [2.05, 4.69) is 25.3 Å². The molecule has 0 amide bonds. The maximum absolute atomic E-state index is 13.6. The Morgan fingerprint density at radius 3 is 2.87 bits per heavy atom. The summed E-state index contributed by atoms with van der Waals surface area (Å²) in [5.41, 5.74) is 2.96. The fourth-order valence-corrected chi connectivity index (χ4v) is 3.49. The molecule has 2 N–H and O–H groups in total. The summed E-state index contributed by atoms with van der Waals surface area (Å²) in [5, 5.41) is 4.18. The van der Waals surface area contributed by atoms with Crippen molar-refractivity contribution in [1.82, 2.24) is 24.5 Å². The number of benzene rings is 2. The molecule has 3 aromatic heterocycles. The van der Waals surface area contributed by atoms with Crippen LogP contribution in [-0.4, -0.2) is 37.7 Å². The molecule has 0 fully saturated rings. The Morgan fingerprint density at radius 1 is 1.13 bits per heavy atom. The average molecular weight is 402 g/mol. The number of imidazole rings is 1. The van der Waals surface area contributed by atoms with E-state index in [0.29, 0.717) is 35.8 Å². The summed E-state index contributed by atoms with van der Waals surface area (Å²) < 4.78 is 21.2. The van der Waals surface area contributed by atoms with Crippen molar-refractivity contribution in [2.24, 2.45) is 7.05 Å². The van der Waals surface area contributed by atoms with E-state index in [9.17, 15) is 4.39 Å². The average Bonchev–Trinajstić information content (AvgIpc) is 3.33. The fourth-order valence-electron chi connectivity index (χ4n) is 3.49. The molecule has 0 spiro atoms. The van der Waals surface area contributed by atoms with Crippen LogP contribution in [0.3, 0.4) is 0 Å². The van der Waals surface area contributed by atoms with E-state index < -0.39 is 0 Å². The van der Waals surface area contributed by atoms with Gasteiger partial charge in [0.05, 0.1) is 23.0 Å². The lowest BCUT2D eigenvalue weighted by Crippen LogP contribution is -2.12. The molecule has 3 heterocycles. The van der Waals surface area contributed by atoms with Crippen LogP contribution in [0, 0.1) is 5.82 Å². The van der Waals surface area contributed by atoms with Crippen LogP contribution in [0.4, 0.5) is 10.2 Å². The highest BCUT2D eigenvalue weighted by molar-refractivity contribution is 6.01. The third-order valence-corrected chi connectivity index (χ3v) is 4.86. The predicted molar refractivity (Wildman–Crippen MR) is 114 cm³/mol. The van der Waals surface area contributed by atoms with Gasteiger partial charge in [0.2, 0.25) is 0 Å². The van der Waals surface area contributed by atoms with Crippen molar-refractivity contribution in [3.05, 3.63) is 66.9 Å². The number of rotatable bonds is 6. The van der Waals surface area contributed by atoms with E-state index >= 15 is 0 Å². The second kappa shape index (κ2) is 7.47. The minimum atomic E-state index is -0.306. The molecule has 0 unspecified atom stereocenters. The zero-order chi connectivity index (χ0) is 20.5. The van der Waals surface area contributed by atoms with Gasteiger partial charge >= 0.3 is 0 Å². The van der Waals surface area contributed by atoms with Crippen molar-refractivity contribution in [3.63, 3.8) is 0 Å². The molecule has 0 aliphatic heterocycles. The lowest BCUT2D eigenvalue weighted by Gasteiger charge is -2.09. The van der Waals surface area contributed by atoms with Gasteiger partial charge in [0, 0.05) is 18.8 Å². The van der Waals surface area contributed by atoms with Crippen molar-refractivity contribution < 1.29 is 9.13 Å². The summed E-state index contributed by atoms with van der Waals surface area (Å²) in [6.07, 6.45) is 3.47. The van der Waals surface area contributed by atoms with Crippen molar-refractivity contribution in [1.29, 1.82) is 0 Å². The van der Waals surface area contributed by atoms with Crippen LogP contribution in [0.1, 0.15) is 0 Å². The van der Waals surface area contributed by atoms with Crippen LogP contribution < -0.4 is 10.1 Å². The third-order valence-electron chi connectivity index (χ3n) is 4.86. The van der Waals surface area contributed by atoms with Gasteiger partial charge < -0.3 is 19.6 Å². The number of para-hydroxylation sites is 1. The van der Waals surface area contributed by atoms with Crippen LogP contribution >= 0.6 is 0 Å². The molecule has 7 nitrogen and oxygen atoms in total. The van der Waals surface area contributed by atoms with E-state index in [0.717, 1.165) is 22.3 Å². The molecule has 150 valence electrons. The summed E-state index contributed by atoms with van der Waals surface area (Å²) in [4.78, 5) is 16.7. The highest BCUT2D eigenvalue weighted by Crippen LogP contribution is 2.32. The van der Waals surface area contributed by atoms with Crippen molar-refractivity contribution in [2.45, 2.75) is 0 Å². The Morgan fingerprint density at radius 2 is 2.00 bits per heavy atom. The normalized spacial score (nSPS) is 11.3. The van der Waals surface area contributed by atoms with Gasteiger partial charge in [-0.05, 0) is 30.3 Å². The molecule has 30 heavy (non-hydrogen) atoms. The zero-order valence-electron chi connectivity index (χ0n) is 16.3. The molecule has 0 aliphatic carbocycles. The smallest absolute Gasteiger partial charge is 0.145 e. The van der Waals surface area contributed by atoms with Crippen LogP contribution in [0.2, 0.25) is 0 Å². The number of halogens is 1. The van der Waals surface area contributed by atoms with Crippen molar-refractivity contribution in [2.75, 3.05) is 18.5 Å². The molecule has 2 aromatic carbocycles. The molecule has 5 aromatic rings.